The third-order valence-electron chi connectivity index (χ3n) is 4.65. The van der Waals surface area contributed by atoms with E-state index in [0.717, 1.165) is 6.92 Å². The lowest BCUT2D eigenvalue weighted by Gasteiger charge is -2.49. The van der Waals surface area contributed by atoms with Crippen LogP contribution in [0.4, 0.5) is 0 Å². The zero-order valence-corrected chi connectivity index (χ0v) is 13.9. The van der Waals surface area contributed by atoms with Crippen LogP contribution in [0.1, 0.15) is 13.3 Å². The first kappa shape index (κ1) is 21.4. The van der Waals surface area contributed by atoms with Crippen LogP contribution in [0, 0.1) is 0 Å². The van der Waals surface area contributed by atoms with Gasteiger partial charge in [0.25, 0.3) is 0 Å². The minimum atomic E-state index is -2.71. The molecule has 10 atom stereocenters. The Morgan fingerprint density at radius 1 is 1.19 bits per heavy atom. The average molecular weight is 383 g/mol. The summed E-state index contributed by atoms with van der Waals surface area (Å²) in [5.74, 6) is -0.820. The minimum Gasteiger partial charge on any atom is -0.394 e. The highest BCUT2D eigenvalue weighted by Crippen LogP contribution is 2.32. The summed E-state index contributed by atoms with van der Waals surface area (Å²) >= 11 is 0. The van der Waals surface area contributed by atoms with Crippen molar-refractivity contribution in [1.29, 1.82) is 0 Å². The smallest absolute Gasteiger partial charge is 0.219 e. The molecule has 2 rings (SSSR count). The summed E-state index contributed by atoms with van der Waals surface area (Å²) in [7, 11) is 0. The third kappa shape index (κ3) is 3.84. The Bertz CT molecular complexity index is 507. The lowest BCUT2D eigenvalue weighted by molar-refractivity contribution is -0.350. The minimum absolute atomic E-state index is 0.284. The monoisotopic (exact) mass is 383 g/mol. The van der Waals surface area contributed by atoms with Crippen molar-refractivity contribution < 1.29 is 55.1 Å². The van der Waals surface area contributed by atoms with E-state index in [9.17, 15) is 40.5 Å². The summed E-state index contributed by atoms with van der Waals surface area (Å²) < 4.78 is 10.2. The molecule has 0 radical (unpaired) electrons. The second kappa shape index (κ2) is 7.98. The van der Waals surface area contributed by atoms with Gasteiger partial charge in [-0.3, -0.25) is 4.79 Å². The van der Waals surface area contributed by atoms with Gasteiger partial charge < -0.3 is 55.6 Å². The molecule has 2 aliphatic heterocycles. The lowest BCUT2D eigenvalue weighted by atomic mass is 9.86. The Morgan fingerprint density at radius 2 is 1.81 bits per heavy atom. The molecule has 2 saturated heterocycles. The van der Waals surface area contributed by atoms with Crippen LogP contribution in [0.3, 0.4) is 0 Å². The van der Waals surface area contributed by atoms with Crippen LogP contribution in [0.2, 0.25) is 0 Å². The van der Waals surface area contributed by atoms with Gasteiger partial charge in [0.05, 0.1) is 18.8 Å². The van der Waals surface area contributed by atoms with Gasteiger partial charge in [-0.2, -0.15) is 0 Å². The molecule has 0 bridgehead atoms. The van der Waals surface area contributed by atoms with Gasteiger partial charge >= 0.3 is 0 Å². The normalized spacial score (nSPS) is 48.0. The zero-order valence-electron chi connectivity index (χ0n) is 13.9. The maximum absolute atomic E-state index is 11.1. The van der Waals surface area contributed by atoms with E-state index in [2.05, 4.69) is 0 Å². The summed E-state index contributed by atoms with van der Waals surface area (Å²) in [6.07, 6.45) is -15.1. The molecule has 0 saturated carbocycles. The predicted molar refractivity (Wildman–Crippen MR) is 80.0 cm³/mol. The summed E-state index contributed by atoms with van der Waals surface area (Å²) in [5.41, 5.74) is -2.71. The van der Waals surface area contributed by atoms with E-state index in [0.29, 0.717) is 0 Å². The lowest BCUT2D eigenvalue weighted by Crippen LogP contribution is -2.74. The summed E-state index contributed by atoms with van der Waals surface area (Å²) in [6.45, 7) is 0.353. The molecule has 0 aromatic rings. The number of ether oxygens (including phenoxy) is 2. The van der Waals surface area contributed by atoms with Crippen LogP contribution in [0.5, 0.6) is 0 Å². The van der Waals surface area contributed by atoms with E-state index in [1.54, 1.807) is 0 Å². The largest absolute Gasteiger partial charge is 0.394 e. The number of aliphatic hydroxyl groups is 8. The second-order valence-electron chi connectivity index (χ2n) is 6.57. The van der Waals surface area contributed by atoms with Crippen molar-refractivity contribution >= 4 is 5.91 Å². The number of carbonyl (C=O) groups excluding carboxylic acids is 1. The van der Waals surface area contributed by atoms with Gasteiger partial charge in [0.1, 0.15) is 36.6 Å². The van der Waals surface area contributed by atoms with E-state index in [4.69, 9.17) is 14.6 Å². The fourth-order valence-corrected chi connectivity index (χ4v) is 3.19. The molecule has 0 aliphatic carbocycles. The van der Waals surface area contributed by atoms with Gasteiger partial charge in [0.15, 0.2) is 0 Å². The molecule has 12 heteroatoms. The molecule has 0 aromatic carbocycles. The number of nitrogens with one attached hydrogen (secondary N) is 1. The second-order valence-corrected chi connectivity index (χ2v) is 6.57. The van der Waals surface area contributed by atoms with Crippen LogP contribution < -0.4 is 5.32 Å². The molecule has 26 heavy (non-hydrogen) atoms. The fraction of sp³-hybridized carbons (Fsp3) is 0.929. The highest BCUT2D eigenvalue weighted by molar-refractivity contribution is 5.73. The Morgan fingerprint density at radius 3 is 2.35 bits per heavy atom. The van der Waals surface area contributed by atoms with E-state index in [1.807, 2.05) is 5.32 Å². The van der Waals surface area contributed by atoms with Crippen molar-refractivity contribution in [3.05, 3.63) is 0 Å². The van der Waals surface area contributed by atoms with Crippen molar-refractivity contribution in [2.75, 3.05) is 6.61 Å². The van der Waals surface area contributed by atoms with Crippen LogP contribution in [0.25, 0.3) is 0 Å². The van der Waals surface area contributed by atoms with Crippen molar-refractivity contribution in [1.82, 2.24) is 5.32 Å². The van der Waals surface area contributed by atoms with Gasteiger partial charge in [-0.05, 0) is 0 Å². The first-order valence-electron chi connectivity index (χ1n) is 8.04. The van der Waals surface area contributed by atoms with Gasteiger partial charge in [-0.15, -0.1) is 0 Å². The molecule has 12 nitrogen and oxygen atoms in total. The van der Waals surface area contributed by atoms with E-state index in [-0.39, 0.29) is 6.42 Å². The molecule has 9 N–H and O–H groups in total. The van der Waals surface area contributed by atoms with Gasteiger partial charge in [0.2, 0.25) is 17.9 Å². The standard InChI is InChI=1S/C14H25NO11/c1-4(17)15-14(24)12(22)10(21)11(26-13(14)23)9(20)6-2-5(18)8(19)7(3-16)25-6/h5-13,16,18-24H,2-3H2,1H3,(H,15,17)/t5-,6-,7-,8-,9?,10+,11-,12+,13?,14-/m1/s1. The van der Waals surface area contributed by atoms with Crippen molar-refractivity contribution in [2.24, 2.45) is 0 Å². The Kier molecular flexibility index (Phi) is 6.56. The first-order valence-corrected chi connectivity index (χ1v) is 8.04. The SMILES string of the molecule is CC(=O)N[C@]1(O)C(O)O[C@H](C(O)[C@H]2C[C@@H](O)[C@@H](O)[C@@H](CO)O2)[C@H](O)[C@@H]1O. The van der Waals surface area contributed by atoms with E-state index in [1.165, 1.54) is 0 Å². The van der Waals surface area contributed by atoms with Crippen molar-refractivity contribution in [3.8, 4) is 0 Å². The number of hydrogen-bond donors (Lipinski definition) is 9. The molecule has 152 valence electrons. The molecular formula is C14H25NO11. The summed E-state index contributed by atoms with van der Waals surface area (Å²) in [5, 5.41) is 81.3. The zero-order chi connectivity index (χ0) is 19.8. The molecular weight excluding hydrogens is 358 g/mol. The molecule has 2 heterocycles. The highest BCUT2D eigenvalue weighted by Gasteiger charge is 2.58. The van der Waals surface area contributed by atoms with Crippen LogP contribution in [-0.2, 0) is 14.3 Å². The maximum atomic E-state index is 11.1. The average Bonchev–Trinajstić information content (AvgIpc) is 2.57. The molecule has 0 aromatic heterocycles. The fourth-order valence-electron chi connectivity index (χ4n) is 3.19. The third-order valence-corrected chi connectivity index (χ3v) is 4.65. The summed E-state index contributed by atoms with van der Waals surface area (Å²) in [4.78, 5) is 11.1. The number of aliphatic hydroxyl groups excluding tert-OH is 7. The highest BCUT2D eigenvalue weighted by atomic mass is 16.7. The molecule has 2 fully saturated rings. The number of rotatable bonds is 4. The molecule has 0 spiro atoms. The maximum Gasteiger partial charge on any atom is 0.219 e. The Balaban J connectivity index is 2.15. The van der Waals surface area contributed by atoms with Crippen molar-refractivity contribution in [2.45, 2.75) is 74.2 Å². The van der Waals surface area contributed by atoms with Crippen molar-refractivity contribution in [3.63, 3.8) is 0 Å². The van der Waals surface area contributed by atoms with E-state index < -0.39 is 73.4 Å². The van der Waals surface area contributed by atoms with Gasteiger partial charge in [-0.25, -0.2) is 0 Å². The summed E-state index contributed by atoms with van der Waals surface area (Å²) in [6, 6.07) is 0. The molecule has 1 amide bonds. The van der Waals surface area contributed by atoms with E-state index >= 15 is 0 Å². The molecule has 2 aliphatic rings. The van der Waals surface area contributed by atoms with Crippen LogP contribution in [-0.4, -0.2) is 114 Å². The van der Waals surface area contributed by atoms with Gasteiger partial charge in [-0.1, -0.05) is 0 Å². The number of hydrogen-bond acceptors (Lipinski definition) is 11. The first-order chi connectivity index (χ1) is 12.0. The van der Waals surface area contributed by atoms with Crippen LogP contribution in [0.15, 0.2) is 0 Å². The van der Waals surface area contributed by atoms with Crippen LogP contribution >= 0.6 is 0 Å². The Hall–Kier alpha value is -0.930. The molecule has 2 unspecified atom stereocenters. The predicted octanol–water partition coefficient (Wildman–Crippen LogP) is -5.52. The van der Waals surface area contributed by atoms with Gasteiger partial charge in [0, 0.05) is 13.3 Å². The quantitative estimate of drug-likeness (QED) is 0.209. The topological polar surface area (TPSA) is 209 Å². The Labute approximate surface area is 148 Å². The number of carbonyl (C=O) groups is 1. The number of amides is 1.